The van der Waals surface area contributed by atoms with Crippen LogP contribution in [-0.2, 0) is 0 Å². The van der Waals surface area contributed by atoms with Gasteiger partial charge in [-0.3, -0.25) is 4.79 Å². The lowest BCUT2D eigenvalue weighted by atomic mass is 10.1. The van der Waals surface area contributed by atoms with E-state index in [9.17, 15) is 4.79 Å². The highest BCUT2D eigenvalue weighted by Crippen LogP contribution is 2.25. The van der Waals surface area contributed by atoms with Crippen molar-refractivity contribution in [3.8, 4) is 0 Å². The van der Waals surface area contributed by atoms with Crippen LogP contribution in [0.15, 0.2) is 34.6 Å². The standard InChI is InChI=1S/C11H11ClOS2/c1-14-11(15-2)7-10(13)8-5-3-4-6-9(8)12/h3-7H,1-2H3. The average Bonchev–Trinajstić information content (AvgIpc) is 2.26. The van der Waals surface area contributed by atoms with Crippen molar-refractivity contribution in [3.63, 3.8) is 0 Å². The smallest absolute Gasteiger partial charge is 0.188 e. The second-order valence-corrected chi connectivity index (χ2v) is 5.08. The van der Waals surface area contributed by atoms with E-state index in [1.807, 2.05) is 24.6 Å². The van der Waals surface area contributed by atoms with E-state index in [1.54, 1.807) is 41.7 Å². The molecule has 15 heavy (non-hydrogen) atoms. The number of hydrogen-bond acceptors (Lipinski definition) is 3. The summed E-state index contributed by atoms with van der Waals surface area (Å²) < 4.78 is 0.986. The van der Waals surface area contributed by atoms with Crippen molar-refractivity contribution in [1.29, 1.82) is 0 Å². The molecule has 0 aliphatic heterocycles. The molecule has 0 radical (unpaired) electrons. The quantitative estimate of drug-likeness (QED) is 0.598. The first-order valence-corrected chi connectivity index (χ1v) is 7.10. The first kappa shape index (κ1) is 12.7. The molecule has 1 rings (SSSR count). The minimum Gasteiger partial charge on any atom is -0.289 e. The van der Waals surface area contributed by atoms with Gasteiger partial charge in [0.2, 0.25) is 0 Å². The second-order valence-electron chi connectivity index (χ2n) is 2.72. The Morgan fingerprint density at radius 3 is 2.40 bits per heavy atom. The van der Waals surface area contributed by atoms with Crippen LogP contribution in [0.5, 0.6) is 0 Å². The number of rotatable bonds is 4. The highest BCUT2D eigenvalue weighted by molar-refractivity contribution is 8.21. The van der Waals surface area contributed by atoms with Crippen molar-refractivity contribution >= 4 is 40.9 Å². The van der Waals surface area contributed by atoms with Crippen LogP contribution in [0.2, 0.25) is 5.02 Å². The monoisotopic (exact) mass is 258 g/mol. The van der Waals surface area contributed by atoms with E-state index in [0.717, 1.165) is 4.24 Å². The Hall–Kier alpha value is -0.380. The number of benzene rings is 1. The Bertz CT molecular complexity index is 382. The summed E-state index contributed by atoms with van der Waals surface area (Å²) in [5.41, 5.74) is 0.555. The van der Waals surface area contributed by atoms with Crippen LogP contribution < -0.4 is 0 Å². The molecule has 0 unspecified atom stereocenters. The molecule has 0 fully saturated rings. The molecule has 80 valence electrons. The summed E-state index contributed by atoms with van der Waals surface area (Å²) in [4.78, 5) is 11.8. The van der Waals surface area contributed by atoms with Gasteiger partial charge in [-0.25, -0.2) is 0 Å². The molecule has 0 aromatic heterocycles. The minimum absolute atomic E-state index is 0.0423. The molecule has 0 spiro atoms. The molecule has 0 saturated carbocycles. The number of allylic oxidation sites excluding steroid dienone is 1. The molecular weight excluding hydrogens is 248 g/mol. The zero-order valence-corrected chi connectivity index (χ0v) is 10.9. The fraction of sp³-hybridized carbons (Fsp3) is 0.182. The van der Waals surface area contributed by atoms with Crippen LogP contribution in [0, 0.1) is 0 Å². The van der Waals surface area contributed by atoms with E-state index in [2.05, 4.69) is 0 Å². The van der Waals surface area contributed by atoms with Gasteiger partial charge in [0.25, 0.3) is 0 Å². The maximum Gasteiger partial charge on any atom is 0.188 e. The molecule has 0 saturated heterocycles. The number of thioether (sulfide) groups is 2. The molecule has 0 bridgehead atoms. The van der Waals surface area contributed by atoms with Crippen LogP contribution >= 0.6 is 35.1 Å². The molecule has 0 amide bonds. The number of hydrogen-bond donors (Lipinski definition) is 0. The fourth-order valence-electron chi connectivity index (χ4n) is 1.05. The maximum absolute atomic E-state index is 11.8. The van der Waals surface area contributed by atoms with Gasteiger partial charge in [0, 0.05) is 15.9 Å². The molecule has 1 aromatic carbocycles. The van der Waals surface area contributed by atoms with Gasteiger partial charge < -0.3 is 0 Å². The summed E-state index contributed by atoms with van der Waals surface area (Å²) in [6.07, 6.45) is 5.51. The topological polar surface area (TPSA) is 17.1 Å². The van der Waals surface area contributed by atoms with Gasteiger partial charge in [0.15, 0.2) is 5.78 Å². The third kappa shape index (κ3) is 3.59. The average molecular weight is 259 g/mol. The van der Waals surface area contributed by atoms with Crippen LogP contribution in [0.25, 0.3) is 0 Å². The minimum atomic E-state index is -0.0423. The van der Waals surface area contributed by atoms with Crippen molar-refractivity contribution in [2.75, 3.05) is 12.5 Å². The van der Waals surface area contributed by atoms with E-state index in [1.165, 1.54) is 0 Å². The molecule has 0 aliphatic carbocycles. The SMILES string of the molecule is CSC(=CC(=O)c1ccccc1Cl)SC. The van der Waals surface area contributed by atoms with Crippen LogP contribution in [0.4, 0.5) is 0 Å². The molecule has 0 atom stereocenters. The Balaban J connectivity index is 2.95. The van der Waals surface area contributed by atoms with E-state index >= 15 is 0 Å². The van der Waals surface area contributed by atoms with Gasteiger partial charge in [0.1, 0.15) is 0 Å². The second kappa shape index (κ2) is 6.26. The summed E-state index contributed by atoms with van der Waals surface area (Å²) in [6.45, 7) is 0. The van der Waals surface area contributed by atoms with Gasteiger partial charge >= 0.3 is 0 Å². The maximum atomic E-state index is 11.8. The molecule has 1 aromatic rings. The van der Waals surface area contributed by atoms with Crippen molar-refractivity contribution in [2.45, 2.75) is 0 Å². The Morgan fingerprint density at radius 2 is 1.87 bits per heavy atom. The predicted molar refractivity (Wildman–Crippen MR) is 70.9 cm³/mol. The Kier molecular flexibility index (Phi) is 5.29. The summed E-state index contributed by atoms with van der Waals surface area (Å²) >= 11 is 9.04. The fourth-order valence-corrected chi connectivity index (χ4v) is 2.39. The normalized spacial score (nSPS) is 9.80. The van der Waals surface area contributed by atoms with Crippen LogP contribution in [-0.4, -0.2) is 18.3 Å². The van der Waals surface area contributed by atoms with Crippen LogP contribution in [0.1, 0.15) is 10.4 Å². The largest absolute Gasteiger partial charge is 0.289 e. The zero-order valence-electron chi connectivity index (χ0n) is 8.49. The summed E-state index contributed by atoms with van der Waals surface area (Å²) in [5, 5.41) is 0.500. The summed E-state index contributed by atoms with van der Waals surface area (Å²) in [5.74, 6) is -0.0423. The summed E-state index contributed by atoms with van der Waals surface area (Å²) in [6, 6.07) is 7.08. The Morgan fingerprint density at radius 1 is 1.27 bits per heavy atom. The Labute approximate surface area is 103 Å². The molecule has 0 heterocycles. The van der Waals surface area contributed by atoms with Crippen molar-refractivity contribution in [3.05, 3.63) is 45.2 Å². The lowest BCUT2D eigenvalue weighted by Gasteiger charge is -2.01. The van der Waals surface area contributed by atoms with E-state index < -0.39 is 0 Å². The predicted octanol–water partition coefficient (Wildman–Crippen LogP) is 4.09. The highest BCUT2D eigenvalue weighted by Gasteiger charge is 2.07. The molecule has 1 nitrogen and oxygen atoms in total. The number of carbonyl (C=O) groups is 1. The number of carbonyl (C=O) groups excluding carboxylic acids is 1. The molecule has 0 aliphatic rings. The zero-order chi connectivity index (χ0) is 11.3. The van der Waals surface area contributed by atoms with E-state index in [-0.39, 0.29) is 5.78 Å². The lowest BCUT2D eigenvalue weighted by Crippen LogP contribution is -1.95. The summed E-state index contributed by atoms with van der Waals surface area (Å²) in [7, 11) is 0. The molecule has 4 heteroatoms. The first-order valence-electron chi connectivity index (χ1n) is 4.27. The number of halogens is 1. The molecular formula is C11H11ClOS2. The van der Waals surface area contributed by atoms with Crippen molar-refractivity contribution < 1.29 is 4.79 Å². The van der Waals surface area contributed by atoms with Gasteiger partial charge in [-0.2, -0.15) is 0 Å². The van der Waals surface area contributed by atoms with Gasteiger partial charge in [-0.05, 0) is 24.6 Å². The van der Waals surface area contributed by atoms with Crippen molar-refractivity contribution in [1.82, 2.24) is 0 Å². The first-order chi connectivity index (χ1) is 7.19. The third-order valence-corrected chi connectivity index (χ3v) is 4.16. The van der Waals surface area contributed by atoms with E-state index in [0.29, 0.717) is 10.6 Å². The van der Waals surface area contributed by atoms with Crippen molar-refractivity contribution in [2.24, 2.45) is 0 Å². The molecule has 0 N–H and O–H groups in total. The number of ketones is 1. The lowest BCUT2D eigenvalue weighted by molar-refractivity contribution is 0.104. The third-order valence-electron chi connectivity index (χ3n) is 1.79. The van der Waals surface area contributed by atoms with Gasteiger partial charge in [0.05, 0.1) is 5.02 Å². The van der Waals surface area contributed by atoms with E-state index in [4.69, 9.17) is 11.6 Å². The van der Waals surface area contributed by atoms with Crippen LogP contribution in [0.3, 0.4) is 0 Å². The van der Waals surface area contributed by atoms with Gasteiger partial charge in [-0.1, -0.05) is 23.7 Å². The van der Waals surface area contributed by atoms with Gasteiger partial charge in [-0.15, -0.1) is 23.5 Å². The highest BCUT2D eigenvalue weighted by atomic mass is 35.5.